The Bertz CT molecular complexity index is 819. The number of aromatic nitrogens is 1. The SMILES string of the molecule is O=C(Cc1csc(-c2ccsc2)n1)Nc1ccccc1OC(F)F. The van der Waals surface area contributed by atoms with E-state index in [9.17, 15) is 13.6 Å². The van der Waals surface area contributed by atoms with E-state index >= 15 is 0 Å². The first-order valence-corrected chi connectivity index (χ1v) is 8.75. The molecule has 0 bridgehead atoms. The van der Waals surface area contributed by atoms with Crippen LogP contribution in [-0.2, 0) is 11.2 Å². The molecule has 2 aromatic heterocycles. The fraction of sp³-hybridized carbons (Fsp3) is 0.125. The normalized spacial score (nSPS) is 10.8. The third-order valence-electron chi connectivity index (χ3n) is 3.04. The number of rotatable bonds is 6. The van der Waals surface area contributed by atoms with Crippen molar-refractivity contribution < 1.29 is 18.3 Å². The third kappa shape index (κ3) is 4.15. The van der Waals surface area contributed by atoms with Crippen LogP contribution in [0.5, 0.6) is 5.75 Å². The molecule has 3 rings (SSSR count). The largest absolute Gasteiger partial charge is 0.433 e. The maximum Gasteiger partial charge on any atom is 0.387 e. The fourth-order valence-electron chi connectivity index (χ4n) is 2.03. The quantitative estimate of drug-likeness (QED) is 0.691. The van der Waals surface area contributed by atoms with Crippen molar-refractivity contribution in [2.24, 2.45) is 0 Å². The highest BCUT2D eigenvalue weighted by atomic mass is 32.1. The van der Waals surface area contributed by atoms with Crippen LogP contribution in [0, 0.1) is 0 Å². The molecule has 124 valence electrons. The Morgan fingerprint density at radius 3 is 2.83 bits per heavy atom. The highest BCUT2D eigenvalue weighted by molar-refractivity contribution is 7.14. The van der Waals surface area contributed by atoms with Gasteiger partial charge in [-0.1, -0.05) is 12.1 Å². The Morgan fingerprint density at radius 2 is 2.08 bits per heavy atom. The summed E-state index contributed by atoms with van der Waals surface area (Å²) in [7, 11) is 0. The van der Waals surface area contributed by atoms with Crippen LogP contribution in [-0.4, -0.2) is 17.5 Å². The molecule has 3 aromatic rings. The summed E-state index contributed by atoms with van der Waals surface area (Å²) in [6, 6.07) is 8.03. The van der Waals surface area contributed by atoms with Crippen molar-refractivity contribution in [2.45, 2.75) is 13.0 Å². The summed E-state index contributed by atoms with van der Waals surface area (Å²) in [5, 5.41) is 9.19. The van der Waals surface area contributed by atoms with E-state index < -0.39 is 6.61 Å². The maximum atomic E-state index is 12.4. The minimum Gasteiger partial charge on any atom is -0.433 e. The van der Waals surface area contributed by atoms with E-state index in [-0.39, 0.29) is 23.8 Å². The number of nitrogens with one attached hydrogen (secondary N) is 1. The predicted molar refractivity (Wildman–Crippen MR) is 90.8 cm³/mol. The van der Waals surface area contributed by atoms with Crippen molar-refractivity contribution in [3.63, 3.8) is 0 Å². The number of benzene rings is 1. The van der Waals surface area contributed by atoms with Gasteiger partial charge in [0.15, 0.2) is 0 Å². The van der Waals surface area contributed by atoms with Gasteiger partial charge in [0.1, 0.15) is 10.8 Å². The van der Waals surface area contributed by atoms with Gasteiger partial charge in [0.25, 0.3) is 0 Å². The predicted octanol–water partition coefficient (Wildman–Crippen LogP) is 4.65. The van der Waals surface area contributed by atoms with Gasteiger partial charge in [-0.2, -0.15) is 20.1 Å². The van der Waals surface area contributed by atoms with Crippen molar-refractivity contribution in [3.8, 4) is 16.3 Å². The lowest BCUT2D eigenvalue weighted by molar-refractivity contribution is -0.115. The molecule has 0 aliphatic carbocycles. The summed E-state index contributed by atoms with van der Waals surface area (Å²) in [6.45, 7) is -2.95. The standard InChI is InChI=1S/C16H12F2N2O2S2/c17-16(18)22-13-4-2-1-3-12(13)20-14(21)7-11-9-24-15(19-11)10-5-6-23-8-10/h1-6,8-9,16H,7H2,(H,20,21). The molecule has 24 heavy (non-hydrogen) atoms. The molecule has 2 heterocycles. The molecule has 1 aromatic carbocycles. The number of hydrogen-bond donors (Lipinski definition) is 1. The lowest BCUT2D eigenvalue weighted by Crippen LogP contribution is -2.16. The topological polar surface area (TPSA) is 51.2 Å². The van der Waals surface area contributed by atoms with Crippen molar-refractivity contribution in [3.05, 3.63) is 52.2 Å². The van der Waals surface area contributed by atoms with Gasteiger partial charge >= 0.3 is 6.61 Å². The number of hydrogen-bond acceptors (Lipinski definition) is 5. The zero-order valence-electron chi connectivity index (χ0n) is 12.2. The Balaban J connectivity index is 1.66. The van der Waals surface area contributed by atoms with Gasteiger partial charge in [-0.15, -0.1) is 11.3 Å². The van der Waals surface area contributed by atoms with Gasteiger partial charge in [0.2, 0.25) is 5.91 Å². The number of anilines is 1. The molecular formula is C16H12F2N2O2S2. The van der Waals surface area contributed by atoms with E-state index in [1.165, 1.54) is 23.5 Å². The van der Waals surface area contributed by atoms with E-state index in [1.807, 2.05) is 22.2 Å². The molecule has 0 fully saturated rings. The number of alkyl halides is 2. The minimum atomic E-state index is -2.95. The maximum absolute atomic E-state index is 12.4. The second-order valence-corrected chi connectivity index (χ2v) is 6.39. The Hall–Kier alpha value is -2.32. The first-order chi connectivity index (χ1) is 11.6. The molecule has 8 heteroatoms. The second-order valence-electron chi connectivity index (χ2n) is 4.76. The Kier molecular flexibility index (Phi) is 5.17. The lowest BCUT2D eigenvalue weighted by atomic mass is 10.2. The summed E-state index contributed by atoms with van der Waals surface area (Å²) >= 11 is 3.04. The average molecular weight is 366 g/mol. The fourth-order valence-corrected chi connectivity index (χ4v) is 3.57. The van der Waals surface area contributed by atoms with Crippen LogP contribution in [0.25, 0.3) is 10.6 Å². The molecule has 0 aliphatic rings. The number of amides is 1. The zero-order valence-corrected chi connectivity index (χ0v) is 13.9. The number of para-hydroxylation sites is 2. The first kappa shape index (κ1) is 16.5. The van der Waals surface area contributed by atoms with Crippen molar-refractivity contribution in [1.29, 1.82) is 0 Å². The highest BCUT2D eigenvalue weighted by Gasteiger charge is 2.13. The van der Waals surface area contributed by atoms with E-state index in [1.54, 1.807) is 23.5 Å². The summed E-state index contributed by atoms with van der Waals surface area (Å²) in [5.74, 6) is -0.416. The summed E-state index contributed by atoms with van der Waals surface area (Å²) in [6.07, 6.45) is 0.0592. The average Bonchev–Trinajstić information content (AvgIpc) is 3.19. The van der Waals surface area contributed by atoms with Crippen LogP contribution >= 0.6 is 22.7 Å². The van der Waals surface area contributed by atoms with E-state index in [0.717, 1.165) is 10.6 Å². The number of halogens is 2. The van der Waals surface area contributed by atoms with E-state index in [2.05, 4.69) is 15.0 Å². The number of nitrogens with zero attached hydrogens (tertiary/aromatic N) is 1. The van der Waals surface area contributed by atoms with Crippen LogP contribution < -0.4 is 10.1 Å². The molecule has 0 saturated heterocycles. The number of ether oxygens (including phenoxy) is 1. The van der Waals surface area contributed by atoms with Crippen LogP contribution in [0.2, 0.25) is 0 Å². The molecule has 4 nitrogen and oxygen atoms in total. The minimum absolute atomic E-state index is 0.0592. The van der Waals surface area contributed by atoms with E-state index in [0.29, 0.717) is 5.69 Å². The summed E-state index contributed by atoms with van der Waals surface area (Å²) < 4.78 is 29.1. The number of thiazole rings is 1. The van der Waals surface area contributed by atoms with Crippen LogP contribution in [0.1, 0.15) is 5.69 Å². The molecule has 0 unspecified atom stereocenters. The van der Waals surface area contributed by atoms with Crippen molar-refractivity contribution in [2.75, 3.05) is 5.32 Å². The zero-order chi connectivity index (χ0) is 16.9. The summed E-state index contributed by atoms with van der Waals surface area (Å²) in [4.78, 5) is 16.5. The molecule has 1 amide bonds. The van der Waals surface area contributed by atoms with Crippen LogP contribution in [0.15, 0.2) is 46.5 Å². The molecule has 1 N–H and O–H groups in total. The lowest BCUT2D eigenvalue weighted by Gasteiger charge is -2.11. The van der Waals surface area contributed by atoms with Gasteiger partial charge in [-0.25, -0.2) is 4.98 Å². The van der Waals surface area contributed by atoms with Gasteiger partial charge in [-0.05, 0) is 23.6 Å². The van der Waals surface area contributed by atoms with Gasteiger partial charge in [0, 0.05) is 16.3 Å². The molecule has 0 radical (unpaired) electrons. The second kappa shape index (κ2) is 7.50. The molecule has 0 spiro atoms. The molecule has 0 aliphatic heterocycles. The highest BCUT2D eigenvalue weighted by Crippen LogP contribution is 2.27. The summed E-state index contributed by atoms with van der Waals surface area (Å²) in [5.41, 5.74) is 1.86. The van der Waals surface area contributed by atoms with E-state index in [4.69, 9.17) is 0 Å². The molecule has 0 atom stereocenters. The van der Waals surface area contributed by atoms with Crippen LogP contribution in [0.4, 0.5) is 14.5 Å². The van der Waals surface area contributed by atoms with Crippen LogP contribution in [0.3, 0.4) is 0 Å². The number of thiophene rings is 1. The Morgan fingerprint density at radius 1 is 1.25 bits per heavy atom. The van der Waals surface area contributed by atoms with Gasteiger partial charge in [-0.3, -0.25) is 4.79 Å². The number of carbonyl (C=O) groups excluding carboxylic acids is 1. The van der Waals surface area contributed by atoms with Crippen molar-refractivity contribution in [1.82, 2.24) is 4.98 Å². The molecule has 0 saturated carbocycles. The first-order valence-electron chi connectivity index (χ1n) is 6.92. The monoisotopic (exact) mass is 366 g/mol. The van der Waals surface area contributed by atoms with Gasteiger partial charge in [0.05, 0.1) is 17.8 Å². The third-order valence-corrected chi connectivity index (χ3v) is 4.66. The van der Waals surface area contributed by atoms with Crippen molar-refractivity contribution >= 4 is 34.3 Å². The number of carbonyl (C=O) groups is 1. The Labute approximate surface area is 144 Å². The molecular weight excluding hydrogens is 354 g/mol. The smallest absolute Gasteiger partial charge is 0.387 e. The van der Waals surface area contributed by atoms with Gasteiger partial charge < -0.3 is 10.1 Å².